The Kier molecular flexibility index (Phi) is 7.01. The van der Waals surface area contributed by atoms with Crippen molar-refractivity contribution in [2.45, 2.75) is 25.3 Å². The molecule has 2 amide bonds. The van der Waals surface area contributed by atoms with Gasteiger partial charge >= 0.3 is 12.1 Å². The molecule has 8 nitrogen and oxygen atoms in total. The average Bonchev–Trinajstić information content (AvgIpc) is 3.17. The fourth-order valence-corrected chi connectivity index (χ4v) is 4.29. The molecule has 0 aromatic heterocycles. The molecule has 4 rings (SSSR count). The summed E-state index contributed by atoms with van der Waals surface area (Å²) in [6.45, 7) is 1.91. The van der Waals surface area contributed by atoms with Crippen LogP contribution in [0.15, 0.2) is 66.7 Å². The lowest BCUT2D eigenvalue weighted by atomic mass is 9.98. The van der Waals surface area contributed by atoms with Crippen LogP contribution in [-0.4, -0.2) is 42.8 Å². The number of carboxylic acids is 1. The van der Waals surface area contributed by atoms with Crippen molar-refractivity contribution in [3.63, 3.8) is 0 Å². The SMILES string of the molecule is COc1cc(NC(=O)C(CC(=O)O)NC(=O)OCC2c3ccccc3-c3ccccc32)ccc1C. The van der Waals surface area contributed by atoms with Crippen LogP contribution in [0.1, 0.15) is 29.0 Å². The first-order chi connectivity index (χ1) is 16.9. The molecule has 1 atom stereocenters. The van der Waals surface area contributed by atoms with Crippen molar-refractivity contribution < 1.29 is 29.0 Å². The number of rotatable bonds is 8. The number of aliphatic carboxylic acids is 1. The number of carboxylic acid groups (broad SMARTS) is 1. The lowest BCUT2D eigenvalue weighted by Crippen LogP contribution is -2.45. The zero-order valence-electron chi connectivity index (χ0n) is 19.4. The summed E-state index contributed by atoms with van der Waals surface area (Å²) in [4.78, 5) is 36.7. The largest absolute Gasteiger partial charge is 0.496 e. The van der Waals surface area contributed by atoms with Crippen molar-refractivity contribution in [1.82, 2.24) is 5.32 Å². The normalized spacial score (nSPS) is 12.7. The molecule has 0 saturated heterocycles. The van der Waals surface area contributed by atoms with Crippen molar-refractivity contribution in [3.8, 4) is 16.9 Å². The fourth-order valence-electron chi connectivity index (χ4n) is 4.29. The van der Waals surface area contributed by atoms with Crippen LogP contribution in [0.4, 0.5) is 10.5 Å². The zero-order chi connectivity index (χ0) is 24.9. The quantitative estimate of drug-likeness (QED) is 0.448. The van der Waals surface area contributed by atoms with Crippen molar-refractivity contribution in [3.05, 3.63) is 83.4 Å². The van der Waals surface area contributed by atoms with Gasteiger partial charge in [-0.15, -0.1) is 0 Å². The molecule has 3 aromatic carbocycles. The molecule has 0 heterocycles. The number of aryl methyl sites for hydroxylation is 1. The molecule has 3 aromatic rings. The van der Waals surface area contributed by atoms with Crippen LogP contribution >= 0.6 is 0 Å². The molecule has 1 aliphatic rings. The maximum atomic E-state index is 12.8. The molecule has 0 radical (unpaired) electrons. The number of carbonyl (C=O) groups is 3. The van der Waals surface area contributed by atoms with Gasteiger partial charge in [-0.2, -0.15) is 0 Å². The van der Waals surface area contributed by atoms with Crippen LogP contribution in [0.25, 0.3) is 11.1 Å². The van der Waals surface area contributed by atoms with Crippen LogP contribution in [0, 0.1) is 6.92 Å². The minimum absolute atomic E-state index is 0.0520. The summed E-state index contributed by atoms with van der Waals surface area (Å²) in [6.07, 6.45) is -1.46. The molecular weight excluding hydrogens is 448 g/mol. The number of carbonyl (C=O) groups excluding carboxylic acids is 2. The molecule has 0 spiro atoms. The molecule has 0 aliphatic heterocycles. The second-order valence-electron chi connectivity index (χ2n) is 8.29. The highest BCUT2D eigenvalue weighted by molar-refractivity contribution is 5.98. The molecular formula is C27H26N2O6. The molecule has 0 bridgehead atoms. The molecule has 0 saturated carbocycles. The average molecular weight is 475 g/mol. The Labute approximate surface area is 202 Å². The van der Waals surface area contributed by atoms with Crippen molar-refractivity contribution >= 4 is 23.7 Å². The Morgan fingerprint density at radius 1 is 0.971 bits per heavy atom. The summed E-state index contributed by atoms with van der Waals surface area (Å²) in [5.41, 5.74) is 5.58. The van der Waals surface area contributed by atoms with Gasteiger partial charge in [0.25, 0.3) is 0 Å². The van der Waals surface area contributed by atoms with E-state index in [0.29, 0.717) is 11.4 Å². The minimum atomic E-state index is -1.32. The Balaban J connectivity index is 1.43. The summed E-state index contributed by atoms with van der Waals surface area (Å²) in [7, 11) is 1.51. The maximum Gasteiger partial charge on any atom is 0.407 e. The van der Waals surface area contributed by atoms with Crippen molar-refractivity contribution in [2.24, 2.45) is 0 Å². The number of ether oxygens (including phenoxy) is 2. The molecule has 1 aliphatic carbocycles. The van der Waals surface area contributed by atoms with Crippen LogP contribution in [0.5, 0.6) is 5.75 Å². The summed E-state index contributed by atoms with van der Waals surface area (Å²) < 4.78 is 10.7. The second-order valence-corrected chi connectivity index (χ2v) is 8.29. The molecule has 3 N–H and O–H groups in total. The van der Waals surface area contributed by atoms with Gasteiger partial charge in [-0.3, -0.25) is 9.59 Å². The van der Waals surface area contributed by atoms with E-state index >= 15 is 0 Å². The van der Waals surface area contributed by atoms with Gasteiger partial charge in [-0.05, 0) is 40.8 Å². The highest BCUT2D eigenvalue weighted by Crippen LogP contribution is 2.44. The van der Waals surface area contributed by atoms with E-state index in [0.717, 1.165) is 27.8 Å². The van der Waals surface area contributed by atoms with E-state index in [1.54, 1.807) is 18.2 Å². The predicted octanol–water partition coefficient (Wildman–Crippen LogP) is 4.32. The van der Waals surface area contributed by atoms with E-state index in [2.05, 4.69) is 10.6 Å². The van der Waals surface area contributed by atoms with Gasteiger partial charge in [0, 0.05) is 17.7 Å². The number of methoxy groups -OCH3 is 1. The Bertz CT molecular complexity index is 1230. The molecule has 0 fully saturated rings. The number of fused-ring (bicyclic) bond motifs is 3. The lowest BCUT2D eigenvalue weighted by Gasteiger charge is -2.19. The predicted molar refractivity (Wildman–Crippen MR) is 131 cm³/mol. The number of hydrogen-bond donors (Lipinski definition) is 3. The third-order valence-electron chi connectivity index (χ3n) is 6.01. The van der Waals surface area contributed by atoms with Crippen LogP contribution in [-0.2, 0) is 14.3 Å². The number of benzene rings is 3. The number of amides is 2. The zero-order valence-corrected chi connectivity index (χ0v) is 19.4. The van der Waals surface area contributed by atoms with E-state index < -0.39 is 30.4 Å². The summed E-state index contributed by atoms with van der Waals surface area (Å²) >= 11 is 0. The maximum absolute atomic E-state index is 12.8. The van der Waals surface area contributed by atoms with E-state index in [1.165, 1.54) is 7.11 Å². The van der Waals surface area contributed by atoms with E-state index in [4.69, 9.17) is 9.47 Å². The first-order valence-electron chi connectivity index (χ1n) is 11.2. The van der Waals surface area contributed by atoms with Gasteiger partial charge in [0.15, 0.2) is 0 Å². The number of alkyl carbamates (subject to hydrolysis) is 1. The highest BCUT2D eigenvalue weighted by atomic mass is 16.5. The minimum Gasteiger partial charge on any atom is -0.496 e. The van der Waals surface area contributed by atoms with E-state index in [-0.39, 0.29) is 12.5 Å². The molecule has 35 heavy (non-hydrogen) atoms. The van der Waals surface area contributed by atoms with Crippen molar-refractivity contribution in [1.29, 1.82) is 0 Å². The number of nitrogens with one attached hydrogen (secondary N) is 2. The van der Waals surface area contributed by atoms with Crippen molar-refractivity contribution in [2.75, 3.05) is 19.0 Å². The van der Waals surface area contributed by atoms with E-state index in [1.807, 2.05) is 55.5 Å². The van der Waals surface area contributed by atoms with Crippen LogP contribution < -0.4 is 15.4 Å². The lowest BCUT2D eigenvalue weighted by molar-refractivity contribution is -0.139. The summed E-state index contributed by atoms with van der Waals surface area (Å²) in [5, 5.41) is 14.3. The van der Waals surface area contributed by atoms with Gasteiger partial charge in [0.1, 0.15) is 18.4 Å². The highest BCUT2D eigenvalue weighted by Gasteiger charge is 2.30. The third-order valence-corrected chi connectivity index (χ3v) is 6.01. The van der Waals surface area contributed by atoms with Gasteiger partial charge in [-0.1, -0.05) is 54.6 Å². The van der Waals surface area contributed by atoms with Gasteiger partial charge in [0.05, 0.1) is 13.5 Å². The topological polar surface area (TPSA) is 114 Å². The molecule has 1 unspecified atom stereocenters. The van der Waals surface area contributed by atoms with Crippen LogP contribution in [0.3, 0.4) is 0 Å². The van der Waals surface area contributed by atoms with Crippen LogP contribution in [0.2, 0.25) is 0 Å². The first-order valence-corrected chi connectivity index (χ1v) is 11.2. The summed E-state index contributed by atoms with van der Waals surface area (Å²) in [5.74, 6) is -1.49. The first kappa shape index (κ1) is 23.8. The van der Waals surface area contributed by atoms with Gasteiger partial charge in [-0.25, -0.2) is 4.79 Å². The second kappa shape index (κ2) is 10.3. The fraction of sp³-hybridized carbons (Fsp3) is 0.222. The Morgan fingerprint density at radius 3 is 2.20 bits per heavy atom. The Morgan fingerprint density at radius 2 is 1.60 bits per heavy atom. The monoisotopic (exact) mass is 474 g/mol. The molecule has 180 valence electrons. The summed E-state index contributed by atoms with van der Waals surface area (Å²) in [6, 6.07) is 19.6. The molecule has 8 heteroatoms. The van der Waals surface area contributed by atoms with E-state index in [9.17, 15) is 19.5 Å². The number of anilines is 1. The Hall–Kier alpha value is -4.33. The van der Waals surface area contributed by atoms with Gasteiger partial charge in [0.2, 0.25) is 5.91 Å². The van der Waals surface area contributed by atoms with Gasteiger partial charge < -0.3 is 25.2 Å². The third kappa shape index (κ3) is 5.27. The number of hydrogen-bond acceptors (Lipinski definition) is 5. The standard InChI is InChI=1S/C27H26N2O6/c1-16-11-12-17(13-24(16)34-2)28-26(32)23(14-25(30)31)29-27(33)35-15-22-20-9-5-3-7-18(20)19-8-4-6-10-21(19)22/h3-13,22-23H,14-15H2,1-2H3,(H,28,32)(H,29,33)(H,30,31). The smallest absolute Gasteiger partial charge is 0.407 e.